The van der Waals surface area contributed by atoms with Gasteiger partial charge in [0.25, 0.3) is 5.91 Å². The number of nitrogens with one attached hydrogen (secondary N) is 1. The van der Waals surface area contributed by atoms with Crippen molar-refractivity contribution in [3.05, 3.63) is 59.7 Å². The van der Waals surface area contributed by atoms with E-state index in [9.17, 15) is 14.4 Å². The number of anilines is 1. The number of esters is 2. The molecule has 0 unspecified atom stereocenters. The van der Waals surface area contributed by atoms with E-state index >= 15 is 0 Å². The molecule has 0 spiro atoms. The van der Waals surface area contributed by atoms with Crippen molar-refractivity contribution in [1.29, 1.82) is 0 Å². The lowest BCUT2D eigenvalue weighted by molar-refractivity contribution is -0.119. The Bertz CT molecular complexity index is 787. The molecule has 0 saturated carbocycles. The van der Waals surface area contributed by atoms with Crippen molar-refractivity contribution in [2.45, 2.75) is 18.2 Å². The van der Waals surface area contributed by atoms with E-state index in [2.05, 4.69) is 5.32 Å². The second-order valence-electron chi connectivity index (χ2n) is 5.57. The lowest BCUT2D eigenvalue weighted by Gasteiger charge is -2.08. The first-order chi connectivity index (χ1) is 13.0. The first-order valence-corrected chi connectivity index (χ1v) is 9.64. The highest BCUT2D eigenvalue weighted by molar-refractivity contribution is 7.98. The van der Waals surface area contributed by atoms with Crippen LogP contribution < -0.4 is 5.32 Å². The van der Waals surface area contributed by atoms with Gasteiger partial charge in [0, 0.05) is 10.6 Å². The number of benzene rings is 2. The Kier molecular flexibility index (Phi) is 7.88. The van der Waals surface area contributed by atoms with Crippen molar-refractivity contribution in [2.75, 3.05) is 24.8 Å². The van der Waals surface area contributed by atoms with Crippen LogP contribution in [-0.2, 0) is 14.3 Å². The third-order valence-corrected chi connectivity index (χ3v) is 4.25. The zero-order valence-corrected chi connectivity index (χ0v) is 16.0. The second kappa shape index (κ2) is 10.4. The van der Waals surface area contributed by atoms with Gasteiger partial charge in [0.05, 0.1) is 17.7 Å². The van der Waals surface area contributed by atoms with Crippen molar-refractivity contribution in [1.82, 2.24) is 0 Å². The number of ether oxygens (including phenoxy) is 2. The quantitative estimate of drug-likeness (QED) is 0.548. The highest BCUT2D eigenvalue weighted by Gasteiger charge is 2.11. The lowest BCUT2D eigenvalue weighted by Crippen LogP contribution is -2.21. The summed E-state index contributed by atoms with van der Waals surface area (Å²) in [5.74, 6) is -1.44. The summed E-state index contributed by atoms with van der Waals surface area (Å²) in [5, 5.41) is 2.60. The zero-order chi connectivity index (χ0) is 19.6. The minimum atomic E-state index is -0.563. The van der Waals surface area contributed by atoms with Crippen molar-refractivity contribution >= 4 is 35.3 Å². The van der Waals surface area contributed by atoms with Gasteiger partial charge in [0.15, 0.2) is 6.61 Å². The van der Waals surface area contributed by atoms with Crippen molar-refractivity contribution in [3.8, 4) is 0 Å². The van der Waals surface area contributed by atoms with Gasteiger partial charge in [-0.25, -0.2) is 9.59 Å². The van der Waals surface area contributed by atoms with E-state index in [0.717, 1.165) is 11.3 Å². The molecule has 0 radical (unpaired) electrons. The predicted octanol–water partition coefficient (Wildman–Crippen LogP) is 3.77. The molecule has 2 aromatic carbocycles. The van der Waals surface area contributed by atoms with Gasteiger partial charge >= 0.3 is 11.9 Å². The zero-order valence-electron chi connectivity index (χ0n) is 15.2. The lowest BCUT2D eigenvalue weighted by atomic mass is 10.2. The standard InChI is InChI=1S/C20H21NO5S/c1-3-12-25-19(23)14-4-8-16(9-5-14)21-18(22)13-26-20(24)15-6-10-17(27-2)11-7-15/h4-11H,3,12-13H2,1-2H3,(H,21,22). The average molecular weight is 387 g/mol. The largest absolute Gasteiger partial charge is 0.462 e. The first kappa shape index (κ1) is 20.5. The molecule has 0 aliphatic heterocycles. The Morgan fingerprint density at radius 1 is 0.889 bits per heavy atom. The number of hydrogen-bond donors (Lipinski definition) is 1. The fourth-order valence-electron chi connectivity index (χ4n) is 2.11. The minimum absolute atomic E-state index is 0.364. The summed E-state index contributed by atoms with van der Waals surface area (Å²) >= 11 is 1.57. The molecule has 1 amide bonds. The third-order valence-electron chi connectivity index (χ3n) is 3.50. The molecule has 0 bridgehead atoms. The van der Waals surface area contributed by atoms with Crippen LogP contribution in [0.2, 0.25) is 0 Å². The molecule has 2 rings (SSSR count). The summed E-state index contributed by atoms with van der Waals surface area (Å²) in [6, 6.07) is 13.2. The Morgan fingerprint density at radius 3 is 2.00 bits per heavy atom. The molecule has 6 nitrogen and oxygen atoms in total. The molecule has 0 saturated heterocycles. The SMILES string of the molecule is CCCOC(=O)c1ccc(NC(=O)COC(=O)c2ccc(SC)cc2)cc1. The van der Waals surface area contributed by atoms with E-state index in [1.807, 2.05) is 25.3 Å². The van der Waals surface area contributed by atoms with Crippen LogP contribution in [0.3, 0.4) is 0 Å². The molecule has 1 N–H and O–H groups in total. The van der Waals surface area contributed by atoms with E-state index in [4.69, 9.17) is 9.47 Å². The third kappa shape index (κ3) is 6.45. The molecular weight excluding hydrogens is 366 g/mol. The van der Waals surface area contributed by atoms with Crippen molar-refractivity contribution < 1.29 is 23.9 Å². The van der Waals surface area contributed by atoms with E-state index < -0.39 is 24.5 Å². The second-order valence-corrected chi connectivity index (χ2v) is 6.45. The van der Waals surface area contributed by atoms with Crippen LogP contribution in [0, 0.1) is 0 Å². The van der Waals surface area contributed by atoms with Crippen LogP contribution in [0.25, 0.3) is 0 Å². The maximum Gasteiger partial charge on any atom is 0.338 e. The van der Waals surface area contributed by atoms with Gasteiger partial charge < -0.3 is 14.8 Å². The molecule has 0 atom stereocenters. The molecule has 0 aliphatic rings. The molecular formula is C20H21NO5S. The Morgan fingerprint density at radius 2 is 1.44 bits per heavy atom. The van der Waals surface area contributed by atoms with Crippen LogP contribution >= 0.6 is 11.8 Å². The predicted molar refractivity (Wildman–Crippen MR) is 104 cm³/mol. The van der Waals surface area contributed by atoms with Gasteiger partial charge in [-0.2, -0.15) is 0 Å². The molecule has 0 aromatic heterocycles. The molecule has 7 heteroatoms. The Labute approximate surface area is 162 Å². The summed E-state index contributed by atoms with van der Waals surface area (Å²) < 4.78 is 10.0. The van der Waals surface area contributed by atoms with Crippen LogP contribution in [0.1, 0.15) is 34.1 Å². The maximum atomic E-state index is 11.9. The summed E-state index contributed by atoms with van der Waals surface area (Å²) in [6.45, 7) is 1.88. The summed E-state index contributed by atoms with van der Waals surface area (Å²) in [5.41, 5.74) is 1.28. The molecule has 0 fully saturated rings. The van der Waals surface area contributed by atoms with Gasteiger partial charge in [-0.05, 0) is 61.2 Å². The number of carbonyl (C=O) groups is 3. The van der Waals surface area contributed by atoms with E-state index in [0.29, 0.717) is 23.4 Å². The number of carbonyl (C=O) groups excluding carboxylic acids is 3. The topological polar surface area (TPSA) is 81.7 Å². The van der Waals surface area contributed by atoms with Gasteiger partial charge in [0.1, 0.15) is 0 Å². The smallest absolute Gasteiger partial charge is 0.338 e. The highest BCUT2D eigenvalue weighted by atomic mass is 32.2. The number of hydrogen-bond acceptors (Lipinski definition) is 6. The molecule has 0 heterocycles. The fraction of sp³-hybridized carbons (Fsp3) is 0.250. The van der Waals surface area contributed by atoms with Gasteiger partial charge in [-0.15, -0.1) is 11.8 Å². The summed E-state index contributed by atoms with van der Waals surface area (Å²) in [6.07, 6.45) is 2.69. The van der Waals surface area contributed by atoms with Crippen LogP contribution in [-0.4, -0.2) is 37.3 Å². The average Bonchev–Trinajstić information content (AvgIpc) is 2.70. The van der Waals surface area contributed by atoms with Crippen molar-refractivity contribution in [2.24, 2.45) is 0 Å². The normalized spacial score (nSPS) is 10.1. The molecule has 27 heavy (non-hydrogen) atoms. The minimum Gasteiger partial charge on any atom is -0.462 e. The van der Waals surface area contributed by atoms with Crippen LogP contribution in [0.15, 0.2) is 53.4 Å². The van der Waals surface area contributed by atoms with E-state index in [1.165, 1.54) is 0 Å². The Balaban J connectivity index is 1.82. The monoisotopic (exact) mass is 387 g/mol. The fourth-order valence-corrected chi connectivity index (χ4v) is 2.51. The van der Waals surface area contributed by atoms with Crippen LogP contribution in [0.4, 0.5) is 5.69 Å². The molecule has 142 valence electrons. The molecule has 0 aliphatic carbocycles. The molecule has 2 aromatic rings. The van der Waals surface area contributed by atoms with Crippen molar-refractivity contribution in [3.63, 3.8) is 0 Å². The number of amides is 1. The first-order valence-electron chi connectivity index (χ1n) is 8.41. The summed E-state index contributed by atoms with van der Waals surface area (Å²) in [7, 11) is 0. The maximum absolute atomic E-state index is 11.9. The van der Waals surface area contributed by atoms with E-state index in [1.54, 1.807) is 48.2 Å². The number of rotatable bonds is 8. The summed E-state index contributed by atoms with van der Waals surface area (Å²) in [4.78, 5) is 36.6. The van der Waals surface area contributed by atoms with Gasteiger partial charge in [-0.3, -0.25) is 4.79 Å². The van der Waals surface area contributed by atoms with Gasteiger partial charge in [-0.1, -0.05) is 6.92 Å². The van der Waals surface area contributed by atoms with Crippen LogP contribution in [0.5, 0.6) is 0 Å². The highest BCUT2D eigenvalue weighted by Crippen LogP contribution is 2.15. The Hall–Kier alpha value is -2.80. The van der Waals surface area contributed by atoms with Gasteiger partial charge in [0.2, 0.25) is 0 Å². The number of thioether (sulfide) groups is 1. The van der Waals surface area contributed by atoms with E-state index in [-0.39, 0.29) is 0 Å².